The first-order valence-corrected chi connectivity index (χ1v) is 3.79. The molecular weight excluding hydrogens is 178 g/mol. The second-order valence-electron chi connectivity index (χ2n) is 2.58. The number of hydrogen-bond acceptors (Lipinski definition) is 2. The predicted octanol–water partition coefficient (Wildman–Crippen LogP) is 2.09. The molecule has 0 aliphatic rings. The largest absolute Gasteiger partial charge is 0.435 e. The van der Waals surface area contributed by atoms with Crippen molar-refractivity contribution in [2.45, 2.75) is 20.1 Å². The summed E-state index contributed by atoms with van der Waals surface area (Å²) in [5.41, 5.74) is 1.14. The number of aliphatic hydroxyl groups excluding tert-OH is 1. The molecule has 4 heteroatoms. The molecule has 0 heterocycles. The van der Waals surface area contributed by atoms with Crippen LogP contribution in [0, 0.1) is 6.92 Å². The highest BCUT2D eigenvalue weighted by atomic mass is 19.3. The van der Waals surface area contributed by atoms with Crippen LogP contribution in [0.4, 0.5) is 8.78 Å². The first kappa shape index (κ1) is 9.92. The summed E-state index contributed by atoms with van der Waals surface area (Å²) in [4.78, 5) is 0. The van der Waals surface area contributed by atoms with Crippen molar-refractivity contribution in [3.05, 3.63) is 29.3 Å². The van der Waals surface area contributed by atoms with E-state index in [9.17, 15) is 8.78 Å². The Hall–Kier alpha value is -1.16. The highest BCUT2D eigenvalue weighted by Crippen LogP contribution is 2.22. The molecule has 2 nitrogen and oxygen atoms in total. The fourth-order valence-corrected chi connectivity index (χ4v) is 1.05. The Morgan fingerprint density at radius 3 is 2.69 bits per heavy atom. The lowest BCUT2D eigenvalue weighted by molar-refractivity contribution is -0.0503. The minimum atomic E-state index is -2.83. The Kier molecular flexibility index (Phi) is 3.19. The molecular formula is C9H10F2O2. The fourth-order valence-electron chi connectivity index (χ4n) is 1.05. The molecule has 0 atom stereocenters. The van der Waals surface area contributed by atoms with E-state index >= 15 is 0 Å². The summed E-state index contributed by atoms with van der Waals surface area (Å²) in [5.74, 6) is 0.113. The van der Waals surface area contributed by atoms with Gasteiger partial charge in [-0.1, -0.05) is 12.1 Å². The van der Waals surface area contributed by atoms with Gasteiger partial charge in [0.2, 0.25) is 0 Å². The van der Waals surface area contributed by atoms with Gasteiger partial charge in [0.1, 0.15) is 5.75 Å². The SMILES string of the molecule is Cc1c(CO)cccc1OC(F)F. The third-order valence-corrected chi connectivity index (χ3v) is 1.78. The molecule has 0 unspecified atom stereocenters. The van der Waals surface area contributed by atoms with E-state index in [1.54, 1.807) is 19.1 Å². The van der Waals surface area contributed by atoms with Crippen molar-refractivity contribution in [2.75, 3.05) is 0 Å². The topological polar surface area (TPSA) is 29.5 Å². The van der Waals surface area contributed by atoms with Gasteiger partial charge in [0.25, 0.3) is 0 Å². The number of hydrogen-bond donors (Lipinski definition) is 1. The molecule has 0 amide bonds. The smallest absolute Gasteiger partial charge is 0.387 e. The van der Waals surface area contributed by atoms with E-state index in [0.29, 0.717) is 11.1 Å². The average Bonchev–Trinajstić information content (AvgIpc) is 2.08. The zero-order valence-electron chi connectivity index (χ0n) is 7.13. The summed E-state index contributed by atoms with van der Waals surface area (Å²) in [6.45, 7) is -1.37. The second-order valence-corrected chi connectivity index (χ2v) is 2.58. The zero-order chi connectivity index (χ0) is 9.84. The van der Waals surface area contributed by atoms with E-state index < -0.39 is 6.61 Å². The molecule has 0 aromatic heterocycles. The van der Waals surface area contributed by atoms with Gasteiger partial charge in [0.05, 0.1) is 6.61 Å². The van der Waals surface area contributed by atoms with Crippen LogP contribution >= 0.6 is 0 Å². The van der Waals surface area contributed by atoms with Crippen molar-refractivity contribution in [3.8, 4) is 5.75 Å². The quantitative estimate of drug-likeness (QED) is 0.786. The maximum atomic E-state index is 11.9. The number of benzene rings is 1. The van der Waals surface area contributed by atoms with E-state index in [4.69, 9.17) is 5.11 Å². The lowest BCUT2D eigenvalue weighted by Crippen LogP contribution is -2.04. The second kappa shape index (κ2) is 4.18. The Bertz CT molecular complexity index is 287. The molecule has 0 fully saturated rings. The summed E-state index contributed by atoms with van der Waals surface area (Å²) in [5, 5.41) is 8.83. The molecule has 1 aromatic rings. The van der Waals surface area contributed by atoms with Crippen LogP contribution in [-0.4, -0.2) is 11.7 Å². The molecule has 0 spiro atoms. The predicted molar refractivity (Wildman–Crippen MR) is 43.7 cm³/mol. The Labute approximate surface area is 74.8 Å². The molecule has 0 aliphatic heterocycles. The first-order chi connectivity index (χ1) is 6.15. The van der Waals surface area contributed by atoms with Gasteiger partial charge < -0.3 is 9.84 Å². The molecule has 72 valence electrons. The van der Waals surface area contributed by atoms with E-state index in [0.717, 1.165) is 0 Å². The van der Waals surface area contributed by atoms with Gasteiger partial charge >= 0.3 is 6.61 Å². The lowest BCUT2D eigenvalue weighted by Gasteiger charge is -2.09. The minimum Gasteiger partial charge on any atom is -0.435 e. The van der Waals surface area contributed by atoms with Crippen LogP contribution in [0.2, 0.25) is 0 Å². The number of aliphatic hydroxyl groups is 1. The number of halogens is 2. The van der Waals surface area contributed by atoms with Gasteiger partial charge in [-0.15, -0.1) is 0 Å². The van der Waals surface area contributed by atoms with Crippen LogP contribution in [0.1, 0.15) is 11.1 Å². The van der Waals surface area contributed by atoms with Gasteiger partial charge in [-0.25, -0.2) is 0 Å². The van der Waals surface area contributed by atoms with Crippen molar-refractivity contribution in [1.29, 1.82) is 0 Å². The summed E-state index contributed by atoms with van der Waals surface area (Å²) in [6.07, 6.45) is 0. The van der Waals surface area contributed by atoms with Gasteiger partial charge in [0, 0.05) is 0 Å². The highest BCUT2D eigenvalue weighted by Gasteiger charge is 2.08. The first-order valence-electron chi connectivity index (χ1n) is 3.79. The number of ether oxygens (including phenoxy) is 1. The van der Waals surface area contributed by atoms with Crippen LogP contribution < -0.4 is 4.74 Å². The lowest BCUT2D eigenvalue weighted by atomic mass is 10.1. The normalized spacial score (nSPS) is 10.5. The standard InChI is InChI=1S/C9H10F2O2/c1-6-7(5-12)3-2-4-8(6)13-9(10)11/h2-4,9,12H,5H2,1H3. The van der Waals surface area contributed by atoms with E-state index in [1.807, 2.05) is 0 Å². The van der Waals surface area contributed by atoms with Crippen LogP contribution in [-0.2, 0) is 6.61 Å². The van der Waals surface area contributed by atoms with Crippen molar-refractivity contribution in [2.24, 2.45) is 0 Å². The maximum absolute atomic E-state index is 11.9. The van der Waals surface area contributed by atoms with Crippen molar-refractivity contribution >= 4 is 0 Å². The molecule has 0 aliphatic carbocycles. The summed E-state index contributed by atoms with van der Waals surface area (Å²) in [7, 11) is 0. The maximum Gasteiger partial charge on any atom is 0.387 e. The third kappa shape index (κ3) is 2.39. The molecule has 0 saturated heterocycles. The van der Waals surface area contributed by atoms with Crippen molar-refractivity contribution in [1.82, 2.24) is 0 Å². The van der Waals surface area contributed by atoms with Gasteiger partial charge in [-0.2, -0.15) is 8.78 Å². The molecule has 0 bridgehead atoms. The molecule has 1 rings (SSSR count). The van der Waals surface area contributed by atoms with E-state index in [-0.39, 0.29) is 12.4 Å². The van der Waals surface area contributed by atoms with Crippen LogP contribution in [0.5, 0.6) is 5.75 Å². The van der Waals surface area contributed by atoms with E-state index in [1.165, 1.54) is 6.07 Å². The van der Waals surface area contributed by atoms with Gasteiger partial charge in [0.15, 0.2) is 0 Å². The Morgan fingerprint density at radius 2 is 2.15 bits per heavy atom. The van der Waals surface area contributed by atoms with Crippen LogP contribution in [0.15, 0.2) is 18.2 Å². The Morgan fingerprint density at radius 1 is 1.46 bits per heavy atom. The van der Waals surface area contributed by atoms with E-state index in [2.05, 4.69) is 4.74 Å². The summed E-state index contributed by atoms with van der Waals surface area (Å²) in [6, 6.07) is 4.67. The number of alkyl halides is 2. The van der Waals surface area contributed by atoms with Crippen molar-refractivity contribution in [3.63, 3.8) is 0 Å². The van der Waals surface area contributed by atoms with Crippen LogP contribution in [0.25, 0.3) is 0 Å². The monoisotopic (exact) mass is 188 g/mol. The molecule has 13 heavy (non-hydrogen) atoms. The molecule has 1 N–H and O–H groups in total. The fraction of sp³-hybridized carbons (Fsp3) is 0.333. The molecule has 0 radical (unpaired) electrons. The third-order valence-electron chi connectivity index (χ3n) is 1.78. The Balaban J connectivity index is 2.94. The summed E-state index contributed by atoms with van der Waals surface area (Å²) >= 11 is 0. The molecule has 1 aromatic carbocycles. The average molecular weight is 188 g/mol. The minimum absolute atomic E-state index is 0.113. The molecule has 0 saturated carbocycles. The highest BCUT2D eigenvalue weighted by molar-refractivity contribution is 5.38. The van der Waals surface area contributed by atoms with Crippen molar-refractivity contribution < 1.29 is 18.6 Å². The zero-order valence-corrected chi connectivity index (χ0v) is 7.13. The van der Waals surface area contributed by atoms with Crippen LogP contribution in [0.3, 0.4) is 0 Å². The van der Waals surface area contributed by atoms with Gasteiger partial charge in [-0.3, -0.25) is 0 Å². The summed E-state index contributed by atoms with van der Waals surface area (Å²) < 4.78 is 27.9. The number of rotatable bonds is 3. The van der Waals surface area contributed by atoms with Gasteiger partial charge in [-0.05, 0) is 24.1 Å².